The van der Waals surface area contributed by atoms with E-state index in [4.69, 9.17) is 4.74 Å². The number of aromatic hydroxyl groups is 1. The molecule has 3 fully saturated rings. The molecule has 0 bridgehead atoms. The van der Waals surface area contributed by atoms with Crippen LogP contribution in [0.1, 0.15) is 43.9 Å². The van der Waals surface area contributed by atoms with Crippen molar-refractivity contribution in [3.63, 3.8) is 0 Å². The highest BCUT2D eigenvalue weighted by atomic mass is 32.2. The number of carbonyl (C=O) groups is 5. The number of hydrogen-bond donors (Lipinski definition) is 4. The van der Waals surface area contributed by atoms with Gasteiger partial charge in [-0.1, -0.05) is 48.5 Å². The number of aliphatic carboxylic acids is 1. The number of carboxylic acids is 1. The van der Waals surface area contributed by atoms with Gasteiger partial charge in [0.25, 0.3) is 0 Å². The zero-order valence-corrected chi connectivity index (χ0v) is 23.9. The summed E-state index contributed by atoms with van der Waals surface area (Å²) in [5.41, 5.74) is 0.899. The largest absolute Gasteiger partial charge is 0.508 e. The topological polar surface area (TPSA) is 166 Å². The molecule has 3 heterocycles. The predicted octanol–water partition coefficient (Wildman–Crippen LogP) is 1.98. The molecule has 0 spiro atoms. The van der Waals surface area contributed by atoms with Gasteiger partial charge in [0.15, 0.2) is 0 Å². The summed E-state index contributed by atoms with van der Waals surface area (Å²) in [5, 5.41) is 24.9. The van der Waals surface area contributed by atoms with Crippen LogP contribution >= 0.6 is 11.8 Å². The maximum Gasteiger partial charge on any atom is 0.410 e. The number of carboxylic acid groups (broad SMARTS) is 1. The highest BCUT2D eigenvalue weighted by molar-refractivity contribution is 8.01. The van der Waals surface area contributed by atoms with E-state index in [-0.39, 0.29) is 17.9 Å². The van der Waals surface area contributed by atoms with Crippen molar-refractivity contribution in [3.05, 3.63) is 65.7 Å². The Morgan fingerprint density at radius 1 is 1.10 bits per heavy atom. The number of rotatable bonds is 8. The van der Waals surface area contributed by atoms with E-state index in [1.165, 1.54) is 33.7 Å². The molecule has 0 saturated carbocycles. The first-order valence-electron chi connectivity index (χ1n) is 13.6. The van der Waals surface area contributed by atoms with E-state index in [0.29, 0.717) is 19.4 Å². The summed E-state index contributed by atoms with van der Waals surface area (Å²) >= 11 is 1.27. The minimum atomic E-state index is -1.39. The van der Waals surface area contributed by atoms with Crippen LogP contribution in [0.3, 0.4) is 0 Å². The molecule has 4 amide bonds. The molecule has 3 aliphatic heterocycles. The molecule has 0 aliphatic carbocycles. The number of hydrogen-bond acceptors (Lipinski definition) is 8. The lowest BCUT2D eigenvalue weighted by molar-refractivity contribution is -0.161. The highest BCUT2D eigenvalue weighted by Crippen LogP contribution is 2.50. The number of ether oxygens (including phenoxy) is 1. The van der Waals surface area contributed by atoms with E-state index in [1.807, 2.05) is 30.3 Å². The van der Waals surface area contributed by atoms with Crippen molar-refractivity contribution in [2.75, 3.05) is 6.54 Å². The fourth-order valence-electron chi connectivity index (χ4n) is 5.70. The summed E-state index contributed by atoms with van der Waals surface area (Å²) in [7, 11) is 0. The Bertz CT molecular complexity index is 1400. The van der Waals surface area contributed by atoms with Crippen LogP contribution in [0.4, 0.5) is 4.79 Å². The van der Waals surface area contributed by atoms with Crippen molar-refractivity contribution in [1.82, 2.24) is 20.4 Å². The first-order chi connectivity index (χ1) is 20.0. The van der Waals surface area contributed by atoms with Gasteiger partial charge in [0.1, 0.15) is 41.9 Å². The first-order valence-corrected chi connectivity index (χ1v) is 14.5. The lowest BCUT2D eigenvalue weighted by atomic mass is 9.95. The van der Waals surface area contributed by atoms with Crippen LogP contribution in [0, 0.1) is 0 Å². The lowest BCUT2D eigenvalue weighted by Gasteiger charge is -2.44. The van der Waals surface area contributed by atoms with Crippen LogP contribution in [0.5, 0.6) is 5.75 Å². The monoisotopic (exact) mass is 596 g/mol. The summed E-state index contributed by atoms with van der Waals surface area (Å²) in [6.45, 7) is 3.79. The average molecular weight is 597 g/mol. The molecule has 4 N–H and O–H groups in total. The molecule has 3 aliphatic rings. The van der Waals surface area contributed by atoms with Crippen LogP contribution in [-0.2, 0) is 30.5 Å². The Labute approximate surface area is 246 Å². The third-order valence-electron chi connectivity index (χ3n) is 7.76. The Hall–Kier alpha value is -4.26. The van der Waals surface area contributed by atoms with Gasteiger partial charge in [0.2, 0.25) is 17.7 Å². The van der Waals surface area contributed by atoms with Crippen molar-refractivity contribution in [2.24, 2.45) is 0 Å². The van der Waals surface area contributed by atoms with Gasteiger partial charge in [-0.3, -0.25) is 19.3 Å². The van der Waals surface area contributed by atoms with E-state index in [9.17, 15) is 34.2 Å². The molecule has 0 aromatic heterocycles. The van der Waals surface area contributed by atoms with Crippen LogP contribution in [0.2, 0.25) is 0 Å². The number of likely N-dealkylation sites (tertiary alicyclic amines) is 1. The Kier molecular flexibility index (Phi) is 8.04. The molecule has 222 valence electrons. The van der Waals surface area contributed by atoms with E-state index in [0.717, 1.165) is 5.56 Å². The fourth-order valence-corrected chi connectivity index (χ4v) is 7.32. The molecule has 12 nitrogen and oxygen atoms in total. The normalized spacial score (nSPS) is 24.8. The summed E-state index contributed by atoms with van der Waals surface area (Å²) < 4.78 is 4.64. The summed E-state index contributed by atoms with van der Waals surface area (Å²) in [6, 6.07) is 10.8. The van der Waals surface area contributed by atoms with Crippen LogP contribution < -0.4 is 10.6 Å². The Morgan fingerprint density at radius 2 is 1.79 bits per heavy atom. The number of β-lactam (4-membered cyclic amide) rings is 1. The van der Waals surface area contributed by atoms with Gasteiger partial charge in [0.05, 0.1) is 0 Å². The number of thioether (sulfide) groups is 1. The quantitative estimate of drug-likeness (QED) is 0.334. The molecule has 2 aromatic rings. The Balaban J connectivity index is 1.30. The second-order valence-electron chi connectivity index (χ2n) is 11.0. The second kappa shape index (κ2) is 11.6. The number of nitrogens with zero attached hydrogens (tertiary/aromatic N) is 2. The van der Waals surface area contributed by atoms with Gasteiger partial charge in [-0.25, -0.2) is 9.59 Å². The smallest absolute Gasteiger partial charge is 0.410 e. The third-order valence-corrected chi connectivity index (χ3v) is 9.34. The van der Waals surface area contributed by atoms with Crippen LogP contribution in [-0.4, -0.2) is 84.6 Å². The minimum absolute atomic E-state index is 0.0403. The van der Waals surface area contributed by atoms with Gasteiger partial charge in [0, 0.05) is 16.9 Å². The molecule has 1 unspecified atom stereocenters. The van der Waals surface area contributed by atoms with Crippen molar-refractivity contribution >= 4 is 41.5 Å². The molecule has 2 aromatic carbocycles. The van der Waals surface area contributed by atoms with Crippen molar-refractivity contribution < 1.29 is 38.9 Å². The molecule has 42 heavy (non-hydrogen) atoms. The van der Waals surface area contributed by atoms with Crippen molar-refractivity contribution in [1.29, 1.82) is 0 Å². The molecule has 3 saturated heterocycles. The minimum Gasteiger partial charge on any atom is -0.508 e. The highest BCUT2D eigenvalue weighted by Gasteiger charge is 2.64. The lowest BCUT2D eigenvalue weighted by Crippen LogP contribution is -2.71. The average Bonchev–Trinajstić information content (AvgIpc) is 3.55. The number of phenolic OH excluding ortho intramolecular Hbond substituents is 1. The number of phenols is 1. The van der Waals surface area contributed by atoms with E-state index >= 15 is 0 Å². The predicted molar refractivity (Wildman–Crippen MR) is 151 cm³/mol. The molecule has 5 rings (SSSR count). The number of benzene rings is 2. The van der Waals surface area contributed by atoms with Gasteiger partial charge in [-0.2, -0.15) is 0 Å². The molecular weight excluding hydrogens is 564 g/mol. The third kappa shape index (κ3) is 5.48. The number of nitrogens with one attached hydrogen (secondary N) is 2. The van der Waals surface area contributed by atoms with E-state index in [1.54, 1.807) is 26.0 Å². The number of para-hydroxylation sites is 1. The molecule has 0 radical (unpaired) electrons. The molecular formula is C29H32N4O8S. The van der Waals surface area contributed by atoms with E-state index < -0.39 is 64.1 Å². The van der Waals surface area contributed by atoms with Gasteiger partial charge in [-0.05, 0) is 38.3 Å². The van der Waals surface area contributed by atoms with Gasteiger partial charge >= 0.3 is 12.1 Å². The number of amides is 4. The zero-order valence-electron chi connectivity index (χ0n) is 23.1. The second-order valence-corrected chi connectivity index (χ2v) is 12.7. The van der Waals surface area contributed by atoms with E-state index in [2.05, 4.69) is 10.6 Å². The number of fused-ring (bicyclic) bond motifs is 1. The van der Waals surface area contributed by atoms with Crippen molar-refractivity contribution in [3.8, 4) is 5.75 Å². The summed E-state index contributed by atoms with van der Waals surface area (Å²) in [4.78, 5) is 67.3. The molecule has 5 atom stereocenters. The van der Waals surface area contributed by atoms with Crippen molar-refractivity contribution in [2.45, 2.75) is 67.6 Å². The van der Waals surface area contributed by atoms with Crippen LogP contribution in [0.15, 0.2) is 54.6 Å². The Morgan fingerprint density at radius 3 is 2.48 bits per heavy atom. The van der Waals surface area contributed by atoms with Gasteiger partial charge in [-0.15, -0.1) is 11.8 Å². The first kappa shape index (κ1) is 29.2. The zero-order chi connectivity index (χ0) is 30.2. The molecule has 13 heteroatoms. The standard InChI is InChI=1S/C29H32N4O8S/c1-29(2)22(27(38)39)33-25(37)21(26(33)42-29)31-24(36)20(17-11-6-7-13-19(17)34)30-23(35)18-12-8-14-32(18)28(40)41-15-16-9-4-3-5-10-16/h3-7,9-11,13,18,20-22,26,34H,8,12,14-15H2,1-2H3,(H,30,35)(H,31,36)(H,38,39)/t18-,20?,21-,22+,26-/m1/s1. The number of carbonyl (C=O) groups excluding carboxylic acids is 4. The SMILES string of the molecule is CC1(C)S[C@@H]2[C@H](NC(=O)C(NC(=O)[C@H]3CCCN3C(=O)OCc3ccccc3)c3ccccc3O)C(=O)N2[C@H]1C(=O)O. The summed E-state index contributed by atoms with van der Waals surface area (Å²) in [5.74, 6) is -3.28. The maximum atomic E-state index is 13.6. The fraction of sp³-hybridized carbons (Fsp3) is 0.414. The maximum absolute atomic E-state index is 13.6. The van der Waals surface area contributed by atoms with Crippen LogP contribution in [0.25, 0.3) is 0 Å². The van der Waals surface area contributed by atoms with Gasteiger partial charge < -0.3 is 30.5 Å². The summed E-state index contributed by atoms with van der Waals surface area (Å²) in [6.07, 6.45) is 0.244.